The molecule has 0 bridgehead atoms. The van der Waals surface area contributed by atoms with E-state index in [1.807, 2.05) is 18.2 Å². The average molecular weight is 349 g/mol. The second kappa shape index (κ2) is 8.93. The van der Waals surface area contributed by atoms with Gasteiger partial charge in [0.2, 0.25) is 0 Å². The quantitative estimate of drug-likeness (QED) is 0.829. The van der Waals surface area contributed by atoms with Crippen molar-refractivity contribution in [2.75, 3.05) is 13.1 Å². The number of benzene rings is 1. The summed E-state index contributed by atoms with van der Waals surface area (Å²) in [6.45, 7) is 2.65. The van der Waals surface area contributed by atoms with Crippen molar-refractivity contribution in [2.45, 2.75) is 31.6 Å². The Hall–Kier alpha value is -1.53. The maximum absolute atomic E-state index is 12.0. The third-order valence-electron chi connectivity index (χ3n) is 3.68. The fraction of sp³-hybridized carbons (Fsp3) is 0.438. The fourth-order valence-electron chi connectivity index (χ4n) is 2.45. The third-order valence-corrected chi connectivity index (χ3v) is 3.68. The van der Waals surface area contributed by atoms with Crippen LogP contribution in [0.1, 0.15) is 18.4 Å². The number of hydrogen-bond acceptors (Lipinski definition) is 3. The van der Waals surface area contributed by atoms with E-state index in [0.717, 1.165) is 38.7 Å². The summed E-state index contributed by atoms with van der Waals surface area (Å²) < 4.78 is 36.1. The lowest BCUT2D eigenvalue weighted by Crippen LogP contribution is -2.40. The molecule has 1 aromatic carbocycles. The Morgan fingerprint density at radius 1 is 1.22 bits per heavy atom. The molecule has 0 spiro atoms. The predicted molar refractivity (Wildman–Crippen MR) is 85.3 cm³/mol. The number of allylic oxidation sites excluding steroid dienone is 1. The van der Waals surface area contributed by atoms with Gasteiger partial charge >= 0.3 is 6.18 Å². The molecule has 1 aromatic rings. The standard InChI is InChI=1S/C16H19F3N2O.ClH/c17-16(18,19)15(22)6-9-20-14-7-10-21(11-8-14)12-13-4-2-1-3-5-13;/h1-6,9,14,20H,7-8,10-12H2;1H/b9-6+;. The monoisotopic (exact) mass is 348 g/mol. The molecular weight excluding hydrogens is 329 g/mol. The number of ketones is 1. The van der Waals surface area contributed by atoms with Gasteiger partial charge in [0.05, 0.1) is 0 Å². The number of alkyl halides is 3. The van der Waals surface area contributed by atoms with E-state index in [0.29, 0.717) is 6.08 Å². The van der Waals surface area contributed by atoms with Gasteiger partial charge in [-0.25, -0.2) is 0 Å². The van der Waals surface area contributed by atoms with Gasteiger partial charge in [-0.05, 0) is 18.4 Å². The van der Waals surface area contributed by atoms with E-state index in [2.05, 4.69) is 22.3 Å². The van der Waals surface area contributed by atoms with Crippen LogP contribution < -0.4 is 5.32 Å². The Kier molecular flexibility index (Phi) is 7.58. The number of nitrogens with one attached hydrogen (secondary N) is 1. The molecule has 1 saturated heterocycles. The number of hydrogen-bond donors (Lipinski definition) is 1. The van der Waals surface area contributed by atoms with Crippen molar-refractivity contribution in [1.82, 2.24) is 10.2 Å². The summed E-state index contributed by atoms with van der Waals surface area (Å²) >= 11 is 0. The Labute approximate surface area is 140 Å². The molecule has 0 aliphatic carbocycles. The minimum absolute atomic E-state index is 0. The maximum atomic E-state index is 12.0. The van der Waals surface area contributed by atoms with Crippen LogP contribution in [0, 0.1) is 0 Å². The molecule has 3 nitrogen and oxygen atoms in total. The summed E-state index contributed by atoms with van der Waals surface area (Å²) in [5.74, 6) is -1.83. The largest absolute Gasteiger partial charge is 0.454 e. The first kappa shape index (κ1) is 19.5. The van der Waals surface area contributed by atoms with E-state index < -0.39 is 12.0 Å². The van der Waals surface area contributed by atoms with Gasteiger partial charge in [-0.1, -0.05) is 30.3 Å². The van der Waals surface area contributed by atoms with Crippen LogP contribution in [0.2, 0.25) is 0 Å². The second-order valence-corrected chi connectivity index (χ2v) is 5.40. The number of piperidine rings is 1. The maximum Gasteiger partial charge on any atom is 0.454 e. The van der Waals surface area contributed by atoms with Crippen LogP contribution in [-0.2, 0) is 11.3 Å². The number of likely N-dealkylation sites (tertiary alicyclic amines) is 1. The molecule has 128 valence electrons. The Morgan fingerprint density at radius 3 is 2.39 bits per heavy atom. The first-order chi connectivity index (χ1) is 10.4. The van der Waals surface area contributed by atoms with Crippen molar-refractivity contribution < 1.29 is 18.0 Å². The van der Waals surface area contributed by atoms with Gasteiger partial charge in [-0.3, -0.25) is 9.69 Å². The van der Waals surface area contributed by atoms with E-state index in [9.17, 15) is 18.0 Å². The molecule has 7 heteroatoms. The summed E-state index contributed by atoms with van der Waals surface area (Å²) in [6.07, 6.45) is -1.43. The normalized spacial score (nSPS) is 17.0. The van der Waals surface area contributed by atoms with E-state index in [1.54, 1.807) is 0 Å². The Morgan fingerprint density at radius 2 is 1.83 bits per heavy atom. The van der Waals surface area contributed by atoms with Gasteiger partial charge in [0.15, 0.2) is 0 Å². The lowest BCUT2D eigenvalue weighted by Gasteiger charge is -2.32. The van der Waals surface area contributed by atoms with Gasteiger partial charge in [0.1, 0.15) is 0 Å². The van der Waals surface area contributed by atoms with E-state index >= 15 is 0 Å². The van der Waals surface area contributed by atoms with Crippen LogP contribution in [0.25, 0.3) is 0 Å². The highest BCUT2D eigenvalue weighted by molar-refractivity contribution is 5.94. The zero-order valence-corrected chi connectivity index (χ0v) is 13.4. The minimum atomic E-state index is -4.79. The lowest BCUT2D eigenvalue weighted by molar-refractivity contribution is -0.165. The molecule has 0 radical (unpaired) electrons. The molecular formula is C16H20ClF3N2O. The van der Waals surface area contributed by atoms with Crippen molar-refractivity contribution in [3.63, 3.8) is 0 Å². The van der Waals surface area contributed by atoms with Crippen molar-refractivity contribution >= 4 is 18.2 Å². The summed E-state index contributed by atoms with van der Waals surface area (Å²) in [6, 6.07) is 10.3. The first-order valence-corrected chi connectivity index (χ1v) is 7.25. The molecule has 0 amide bonds. The Bertz CT molecular complexity index is 512. The zero-order valence-electron chi connectivity index (χ0n) is 12.6. The molecule has 1 aliphatic heterocycles. The molecule has 1 N–H and O–H groups in total. The summed E-state index contributed by atoms with van der Waals surface area (Å²) in [7, 11) is 0. The predicted octanol–water partition coefficient (Wildman–Crippen LogP) is 3.31. The molecule has 1 heterocycles. The molecule has 0 aromatic heterocycles. The topological polar surface area (TPSA) is 32.3 Å². The highest BCUT2D eigenvalue weighted by Gasteiger charge is 2.36. The minimum Gasteiger partial charge on any atom is -0.388 e. The van der Waals surface area contributed by atoms with Gasteiger partial charge in [0, 0.05) is 38.0 Å². The first-order valence-electron chi connectivity index (χ1n) is 7.25. The smallest absolute Gasteiger partial charge is 0.388 e. The van der Waals surface area contributed by atoms with Crippen LogP contribution in [-0.4, -0.2) is 36.0 Å². The number of nitrogens with zero attached hydrogens (tertiary/aromatic N) is 1. The lowest BCUT2D eigenvalue weighted by atomic mass is 10.0. The van der Waals surface area contributed by atoms with E-state index in [1.165, 1.54) is 5.56 Å². The van der Waals surface area contributed by atoms with Crippen LogP contribution in [0.4, 0.5) is 13.2 Å². The molecule has 2 rings (SSSR count). The van der Waals surface area contributed by atoms with Crippen molar-refractivity contribution in [2.24, 2.45) is 0 Å². The zero-order chi connectivity index (χ0) is 16.0. The van der Waals surface area contributed by atoms with Crippen molar-refractivity contribution in [1.29, 1.82) is 0 Å². The van der Waals surface area contributed by atoms with Gasteiger partial charge in [-0.2, -0.15) is 13.2 Å². The van der Waals surface area contributed by atoms with E-state index in [-0.39, 0.29) is 18.4 Å². The molecule has 0 saturated carbocycles. The van der Waals surface area contributed by atoms with Gasteiger partial charge < -0.3 is 5.32 Å². The molecule has 0 unspecified atom stereocenters. The third kappa shape index (κ3) is 6.62. The SMILES string of the molecule is Cl.O=C(/C=C/NC1CCN(Cc2ccccc2)CC1)C(F)(F)F. The van der Waals surface area contributed by atoms with E-state index in [4.69, 9.17) is 0 Å². The van der Waals surface area contributed by atoms with Crippen molar-refractivity contribution in [3.8, 4) is 0 Å². The Balaban J connectivity index is 0.00000264. The second-order valence-electron chi connectivity index (χ2n) is 5.40. The van der Waals surface area contributed by atoms with Crippen LogP contribution in [0.3, 0.4) is 0 Å². The number of halogens is 4. The highest BCUT2D eigenvalue weighted by atomic mass is 35.5. The molecule has 1 fully saturated rings. The molecule has 23 heavy (non-hydrogen) atoms. The van der Waals surface area contributed by atoms with Gasteiger partial charge in [-0.15, -0.1) is 12.4 Å². The number of carbonyl (C=O) groups excluding carboxylic acids is 1. The number of rotatable bonds is 5. The summed E-state index contributed by atoms with van der Waals surface area (Å²) in [5.41, 5.74) is 1.25. The molecule has 0 atom stereocenters. The summed E-state index contributed by atoms with van der Waals surface area (Å²) in [4.78, 5) is 13.0. The van der Waals surface area contributed by atoms with Gasteiger partial charge in [0.25, 0.3) is 5.78 Å². The van der Waals surface area contributed by atoms with Crippen LogP contribution in [0.5, 0.6) is 0 Å². The number of carbonyl (C=O) groups is 1. The average Bonchev–Trinajstić information content (AvgIpc) is 2.49. The van der Waals surface area contributed by atoms with Crippen LogP contribution in [0.15, 0.2) is 42.6 Å². The summed E-state index contributed by atoms with van der Waals surface area (Å²) in [5, 5.41) is 2.88. The van der Waals surface area contributed by atoms with Crippen molar-refractivity contribution in [3.05, 3.63) is 48.2 Å². The highest BCUT2D eigenvalue weighted by Crippen LogP contribution is 2.17. The van der Waals surface area contributed by atoms with Crippen LogP contribution >= 0.6 is 12.4 Å². The molecule has 1 aliphatic rings. The fourth-order valence-corrected chi connectivity index (χ4v) is 2.45.